The van der Waals surface area contributed by atoms with Crippen molar-refractivity contribution in [3.8, 4) is 0 Å². The van der Waals surface area contributed by atoms with Crippen molar-refractivity contribution in [2.24, 2.45) is 16.7 Å². The molecule has 1 nitrogen and oxygen atoms in total. The van der Waals surface area contributed by atoms with Gasteiger partial charge in [0, 0.05) is 17.0 Å². The number of aryl methyl sites for hydroxylation is 1. The van der Waals surface area contributed by atoms with Gasteiger partial charge in [-0.05, 0) is 66.9 Å². The topological polar surface area (TPSA) is 12.0 Å². The highest BCUT2D eigenvalue weighted by Gasteiger charge is 2.61. The second-order valence-electron chi connectivity index (χ2n) is 8.20. The van der Waals surface area contributed by atoms with E-state index >= 15 is 0 Å². The zero-order chi connectivity index (χ0) is 14.8. The molecule has 3 aliphatic carbocycles. The van der Waals surface area contributed by atoms with Crippen LogP contribution in [0.4, 0.5) is 0 Å². The number of halogens is 1. The first-order valence-electron chi connectivity index (χ1n) is 8.46. The molecule has 0 saturated heterocycles. The molecule has 1 aromatic rings. The monoisotopic (exact) mass is 323 g/mol. The first-order chi connectivity index (χ1) is 9.92. The van der Waals surface area contributed by atoms with Gasteiger partial charge in [0.15, 0.2) is 0 Å². The van der Waals surface area contributed by atoms with Crippen molar-refractivity contribution in [1.29, 1.82) is 0 Å². The van der Waals surface area contributed by atoms with Crippen molar-refractivity contribution in [1.82, 2.24) is 5.32 Å². The Bertz CT molecular complexity index is 564. The molecule has 0 aromatic carbocycles. The van der Waals surface area contributed by atoms with Gasteiger partial charge in [0.25, 0.3) is 0 Å². The van der Waals surface area contributed by atoms with E-state index in [4.69, 9.17) is 11.6 Å². The van der Waals surface area contributed by atoms with Crippen LogP contribution in [0.3, 0.4) is 0 Å². The molecule has 0 radical (unpaired) electrons. The molecule has 2 fully saturated rings. The van der Waals surface area contributed by atoms with Crippen molar-refractivity contribution in [3.63, 3.8) is 0 Å². The van der Waals surface area contributed by atoms with Gasteiger partial charge in [-0.3, -0.25) is 0 Å². The van der Waals surface area contributed by atoms with E-state index in [1.165, 1.54) is 49.0 Å². The normalized spacial score (nSPS) is 40.5. The first-order valence-corrected chi connectivity index (χ1v) is 9.65. The Morgan fingerprint density at radius 1 is 1.29 bits per heavy atom. The fraction of sp³-hybridized carbons (Fsp3) is 0.778. The maximum atomic E-state index is 6.26. The standard InChI is InChI=1S/C18H26ClNS/c1-17(2)11-7-8-18(17,3)15(9-11)20-13-5-4-6-14-12(13)10-16(19)21-14/h10-11,13,15,20H,4-9H2,1-3H3. The molecule has 2 bridgehead atoms. The predicted molar refractivity (Wildman–Crippen MR) is 91.2 cm³/mol. The Balaban J connectivity index is 1.58. The predicted octanol–water partition coefficient (Wildman–Crippen LogP) is 5.58. The van der Waals surface area contributed by atoms with Crippen molar-refractivity contribution < 1.29 is 0 Å². The summed E-state index contributed by atoms with van der Waals surface area (Å²) in [6.45, 7) is 7.53. The minimum absolute atomic E-state index is 0.467. The highest BCUT2D eigenvalue weighted by atomic mass is 35.5. The van der Waals surface area contributed by atoms with Crippen LogP contribution in [0.2, 0.25) is 4.34 Å². The van der Waals surface area contributed by atoms with Crippen LogP contribution in [0.25, 0.3) is 0 Å². The van der Waals surface area contributed by atoms with Crippen LogP contribution in [0, 0.1) is 16.7 Å². The number of hydrogen-bond acceptors (Lipinski definition) is 2. The van der Waals surface area contributed by atoms with Crippen LogP contribution in [0.5, 0.6) is 0 Å². The Morgan fingerprint density at radius 2 is 2.10 bits per heavy atom. The number of hydrogen-bond donors (Lipinski definition) is 1. The lowest BCUT2D eigenvalue weighted by atomic mass is 9.69. The highest BCUT2D eigenvalue weighted by Crippen LogP contribution is 2.65. The van der Waals surface area contributed by atoms with Gasteiger partial charge >= 0.3 is 0 Å². The van der Waals surface area contributed by atoms with E-state index in [9.17, 15) is 0 Å². The lowest BCUT2D eigenvalue weighted by Gasteiger charge is -2.41. The van der Waals surface area contributed by atoms with Gasteiger partial charge in [-0.15, -0.1) is 11.3 Å². The smallest absolute Gasteiger partial charge is 0.0934 e. The summed E-state index contributed by atoms with van der Waals surface area (Å²) in [6.07, 6.45) is 8.00. The van der Waals surface area contributed by atoms with Gasteiger partial charge in [-0.25, -0.2) is 0 Å². The fourth-order valence-corrected chi connectivity index (χ4v) is 6.78. The van der Waals surface area contributed by atoms with Gasteiger partial charge in [0.2, 0.25) is 0 Å². The molecule has 0 aliphatic heterocycles. The molecular weight excluding hydrogens is 298 g/mol. The highest BCUT2D eigenvalue weighted by molar-refractivity contribution is 7.16. The van der Waals surface area contributed by atoms with Crippen LogP contribution in [-0.4, -0.2) is 6.04 Å². The van der Waals surface area contributed by atoms with Gasteiger partial charge in [-0.2, -0.15) is 0 Å². The van der Waals surface area contributed by atoms with Gasteiger partial charge < -0.3 is 5.32 Å². The minimum atomic E-state index is 0.467. The van der Waals surface area contributed by atoms with Crippen molar-refractivity contribution in [3.05, 3.63) is 20.8 Å². The largest absolute Gasteiger partial charge is 0.307 e. The molecule has 21 heavy (non-hydrogen) atoms. The number of thiophene rings is 1. The van der Waals surface area contributed by atoms with E-state index in [1.54, 1.807) is 11.3 Å². The molecular formula is C18H26ClNS. The Labute approximate surface area is 137 Å². The van der Waals surface area contributed by atoms with Gasteiger partial charge in [0.1, 0.15) is 0 Å². The average molecular weight is 324 g/mol. The lowest BCUT2D eigenvalue weighted by molar-refractivity contribution is 0.113. The second kappa shape index (κ2) is 4.72. The van der Waals surface area contributed by atoms with E-state index in [0.29, 0.717) is 22.9 Å². The maximum Gasteiger partial charge on any atom is 0.0934 e. The number of rotatable bonds is 2. The summed E-state index contributed by atoms with van der Waals surface area (Å²) in [7, 11) is 0. The second-order valence-corrected chi connectivity index (χ2v) is 9.97. The summed E-state index contributed by atoms with van der Waals surface area (Å²) in [5.41, 5.74) is 2.46. The zero-order valence-electron chi connectivity index (χ0n) is 13.3. The van der Waals surface area contributed by atoms with E-state index in [-0.39, 0.29) is 0 Å². The molecule has 3 aliphatic rings. The van der Waals surface area contributed by atoms with E-state index in [0.717, 1.165) is 10.3 Å². The third-order valence-corrected chi connectivity index (χ3v) is 8.62. The van der Waals surface area contributed by atoms with Crippen LogP contribution >= 0.6 is 22.9 Å². The van der Waals surface area contributed by atoms with E-state index < -0.39 is 0 Å². The fourth-order valence-electron chi connectivity index (χ4n) is 5.39. The van der Waals surface area contributed by atoms with Gasteiger partial charge in [0.05, 0.1) is 4.34 Å². The number of nitrogens with one attached hydrogen (secondary N) is 1. The Hall–Kier alpha value is -0.0500. The average Bonchev–Trinajstić information content (AvgIpc) is 2.96. The Morgan fingerprint density at radius 3 is 2.76 bits per heavy atom. The summed E-state index contributed by atoms with van der Waals surface area (Å²) in [6, 6.07) is 3.44. The summed E-state index contributed by atoms with van der Waals surface area (Å²) < 4.78 is 0.966. The molecule has 4 rings (SSSR count). The molecule has 1 heterocycles. The third-order valence-electron chi connectivity index (χ3n) is 7.28. The van der Waals surface area contributed by atoms with E-state index in [1.807, 2.05) is 0 Å². The molecule has 4 unspecified atom stereocenters. The summed E-state index contributed by atoms with van der Waals surface area (Å²) in [5.74, 6) is 0.911. The van der Waals surface area contributed by atoms with Crippen LogP contribution in [0.1, 0.15) is 69.4 Å². The van der Waals surface area contributed by atoms with Crippen LogP contribution in [0.15, 0.2) is 6.07 Å². The SMILES string of the molecule is CC1(C)C2CCC1(C)C(NC1CCCc3sc(Cl)cc31)C2. The van der Waals surface area contributed by atoms with Crippen LogP contribution < -0.4 is 5.32 Å². The summed E-state index contributed by atoms with van der Waals surface area (Å²) in [5, 5.41) is 4.06. The van der Waals surface area contributed by atoms with Crippen LogP contribution in [-0.2, 0) is 6.42 Å². The molecule has 0 spiro atoms. The Kier molecular flexibility index (Phi) is 3.27. The molecule has 0 amide bonds. The lowest BCUT2D eigenvalue weighted by Crippen LogP contribution is -2.46. The van der Waals surface area contributed by atoms with Gasteiger partial charge in [-0.1, -0.05) is 32.4 Å². The molecule has 4 atom stereocenters. The molecule has 1 N–H and O–H groups in total. The minimum Gasteiger partial charge on any atom is -0.307 e. The van der Waals surface area contributed by atoms with E-state index in [2.05, 4.69) is 32.2 Å². The molecule has 2 saturated carbocycles. The quantitative estimate of drug-likeness (QED) is 0.748. The zero-order valence-corrected chi connectivity index (χ0v) is 14.9. The first kappa shape index (κ1) is 14.5. The van der Waals surface area contributed by atoms with Crippen molar-refractivity contribution in [2.45, 2.75) is 71.4 Å². The summed E-state index contributed by atoms with van der Waals surface area (Å²) >= 11 is 8.05. The molecule has 116 valence electrons. The third kappa shape index (κ3) is 1.98. The molecule has 3 heteroatoms. The van der Waals surface area contributed by atoms with Crippen molar-refractivity contribution >= 4 is 22.9 Å². The summed E-state index contributed by atoms with van der Waals surface area (Å²) in [4.78, 5) is 1.52. The van der Waals surface area contributed by atoms with Crippen molar-refractivity contribution in [2.75, 3.05) is 0 Å². The number of fused-ring (bicyclic) bond motifs is 3. The maximum absolute atomic E-state index is 6.26. The molecule has 1 aromatic heterocycles.